The van der Waals surface area contributed by atoms with Gasteiger partial charge < -0.3 is 5.11 Å². The summed E-state index contributed by atoms with van der Waals surface area (Å²) in [5.41, 5.74) is 0. The lowest BCUT2D eigenvalue weighted by Crippen LogP contribution is -2.23. The van der Waals surface area contributed by atoms with Crippen LogP contribution in [0.15, 0.2) is 25.3 Å². The van der Waals surface area contributed by atoms with Crippen LogP contribution in [0.1, 0.15) is 6.42 Å². The maximum Gasteiger partial charge on any atom is 0.336 e. The van der Waals surface area contributed by atoms with E-state index in [1.165, 1.54) is 12.2 Å². The van der Waals surface area contributed by atoms with Gasteiger partial charge in [-0.3, -0.25) is 0 Å². The molecule has 12 heavy (non-hydrogen) atoms. The molecule has 0 saturated heterocycles. The number of aliphatic carboxylic acids is 1. The van der Waals surface area contributed by atoms with Crippen LogP contribution in [0.4, 0.5) is 0 Å². The first kappa shape index (κ1) is 10.9. The Labute approximate surface area is 71.0 Å². The fourth-order valence-electron chi connectivity index (χ4n) is 0.502. The van der Waals surface area contributed by atoms with E-state index < -0.39 is 12.1 Å². The smallest absolute Gasteiger partial charge is 0.336 e. The molecule has 0 amide bonds. The molecule has 4 nitrogen and oxygen atoms in total. The number of hydrogen-bond donors (Lipinski definition) is 1. The Morgan fingerprint density at radius 2 is 2.17 bits per heavy atom. The molecule has 1 atom stereocenters. The molecule has 0 aliphatic heterocycles. The molecule has 0 heterocycles. The summed E-state index contributed by atoms with van der Waals surface area (Å²) in [6, 6.07) is 0. The zero-order chi connectivity index (χ0) is 9.40. The van der Waals surface area contributed by atoms with E-state index >= 15 is 0 Å². The van der Waals surface area contributed by atoms with Gasteiger partial charge in [-0.25, -0.2) is 14.6 Å². The van der Waals surface area contributed by atoms with Crippen LogP contribution in [0.5, 0.6) is 0 Å². The summed E-state index contributed by atoms with van der Waals surface area (Å²) in [6.45, 7) is 6.94. The van der Waals surface area contributed by atoms with Crippen molar-refractivity contribution in [3.05, 3.63) is 25.3 Å². The van der Waals surface area contributed by atoms with E-state index in [1.807, 2.05) is 0 Å². The number of carboxylic acids is 1. The maximum absolute atomic E-state index is 10.4. The van der Waals surface area contributed by atoms with Gasteiger partial charge in [-0.15, -0.1) is 13.2 Å². The predicted molar refractivity (Wildman–Crippen MR) is 43.5 cm³/mol. The summed E-state index contributed by atoms with van der Waals surface area (Å²) >= 11 is 0. The van der Waals surface area contributed by atoms with Gasteiger partial charge in [0.2, 0.25) is 0 Å². The standard InChI is InChI=1S/C8H12O4/c1-3-5-7(8(9)10)12-11-6-4-2/h3-4,7H,1-2,5-6H2,(H,9,10). The molecular weight excluding hydrogens is 160 g/mol. The summed E-state index contributed by atoms with van der Waals surface area (Å²) in [5.74, 6) is -1.07. The van der Waals surface area contributed by atoms with Crippen LogP contribution in [-0.4, -0.2) is 23.8 Å². The first-order valence-corrected chi connectivity index (χ1v) is 3.45. The average Bonchev–Trinajstić information content (AvgIpc) is 2.03. The Bertz CT molecular complexity index is 164. The molecule has 0 radical (unpaired) electrons. The van der Waals surface area contributed by atoms with Crippen molar-refractivity contribution in [3.8, 4) is 0 Å². The van der Waals surface area contributed by atoms with Crippen molar-refractivity contribution in [1.29, 1.82) is 0 Å². The van der Waals surface area contributed by atoms with Crippen molar-refractivity contribution in [2.24, 2.45) is 0 Å². The van der Waals surface area contributed by atoms with Crippen LogP contribution in [-0.2, 0) is 14.6 Å². The van der Waals surface area contributed by atoms with Gasteiger partial charge >= 0.3 is 5.97 Å². The van der Waals surface area contributed by atoms with Crippen molar-refractivity contribution in [2.45, 2.75) is 12.5 Å². The van der Waals surface area contributed by atoms with Gasteiger partial charge in [0.25, 0.3) is 0 Å². The van der Waals surface area contributed by atoms with Crippen molar-refractivity contribution >= 4 is 5.97 Å². The van der Waals surface area contributed by atoms with Crippen molar-refractivity contribution in [2.75, 3.05) is 6.61 Å². The van der Waals surface area contributed by atoms with Crippen molar-refractivity contribution in [1.82, 2.24) is 0 Å². The summed E-state index contributed by atoms with van der Waals surface area (Å²) in [7, 11) is 0. The van der Waals surface area contributed by atoms with Crippen molar-refractivity contribution < 1.29 is 19.7 Å². The Hall–Kier alpha value is -1.13. The van der Waals surface area contributed by atoms with E-state index in [0.717, 1.165) is 0 Å². The van der Waals surface area contributed by atoms with E-state index in [1.54, 1.807) is 0 Å². The van der Waals surface area contributed by atoms with Gasteiger partial charge in [0.1, 0.15) is 6.61 Å². The summed E-state index contributed by atoms with van der Waals surface area (Å²) in [5, 5.41) is 8.53. The molecule has 0 aromatic heterocycles. The van der Waals surface area contributed by atoms with Gasteiger partial charge in [0.15, 0.2) is 6.10 Å². The highest BCUT2D eigenvalue weighted by Crippen LogP contribution is 2.00. The van der Waals surface area contributed by atoms with Gasteiger partial charge in [0.05, 0.1) is 0 Å². The molecule has 4 heteroatoms. The van der Waals surface area contributed by atoms with E-state index in [4.69, 9.17) is 5.11 Å². The third-order valence-electron chi connectivity index (χ3n) is 1.03. The molecule has 0 rings (SSSR count). The molecule has 1 unspecified atom stereocenters. The number of rotatable bonds is 7. The Morgan fingerprint density at radius 1 is 1.50 bits per heavy atom. The SMILES string of the molecule is C=CCOOC(CC=C)C(=O)O. The molecule has 68 valence electrons. The quantitative estimate of drug-likeness (QED) is 0.271. The Balaban J connectivity index is 3.70. The monoisotopic (exact) mass is 172 g/mol. The fourth-order valence-corrected chi connectivity index (χ4v) is 0.502. The third-order valence-corrected chi connectivity index (χ3v) is 1.03. The second-order valence-electron chi connectivity index (χ2n) is 2.02. The summed E-state index contributed by atoms with van der Waals surface area (Å²) in [4.78, 5) is 19.5. The molecule has 0 aromatic rings. The van der Waals surface area contributed by atoms with Gasteiger partial charge in [-0.1, -0.05) is 12.2 Å². The highest BCUT2D eigenvalue weighted by atomic mass is 17.2. The minimum atomic E-state index is -1.07. The molecular formula is C8H12O4. The average molecular weight is 172 g/mol. The molecule has 0 aromatic carbocycles. The Morgan fingerprint density at radius 3 is 2.58 bits per heavy atom. The zero-order valence-electron chi connectivity index (χ0n) is 6.73. The normalized spacial score (nSPS) is 12.0. The van der Waals surface area contributed by atoms with Crippen LogP contribution >= 0.6 is 0 Å². The molecule has 0 aliphatic rings. The lowest BCUT2D eigenvalue weighted by atomic mass is 10.2. The largest absolute Gasteiger partial charge is 0.479 e. The molecule has 0 spiro atoms. The van der Waals surface area contributed by atoms with E-state index in [0.29, 0.717) is 0 Å². The van der Waals surface area contributed by atoms with E-state index in [2.05, 4.69) is 22.9 Å². The first-order chi connectivity index (χ1) is 5.72. The number of carbonyl (C=O) groups is 1. The number of hydrogen-bond acceptors (Lipinski definition) is 3. The third kappa shape index (κ3) is 4.65. The minimum Gasteiger partial charge on any atom is -0.479 e. The second kappa shape index (κ2) is 6.57. The van der Waals surface area contributed by atoms with Crippen LogP contribution in [0.2, 0.25) is 0 Å². The lowest BCUT2D eigenvalue weighted by molar-refractivity contribution is -0.312. The maximum atomic E-state index is 10.4. The Kier molecular flexibility index (Phi) is 5.95. The van der Waals surface area contributed by atoms with Gasteiger partial charge in [0, 0.05) is 6.42 Å². The van der Waals surface area contributed by atoms with Gasteiger partial charge in [-0.2, -0.15) is 0 Å². The molecule has 0 bridgehead atoms. The molecule has 0 aliphatic carbocycles. The van der Waals surface area contributed by atoms with E-state index in [9.17, 15) is 4.79 Å². The fraction of sp³-hybridized carbons (Fsp3) is 0.375. The number of carboxylic acid groups (broad SMARTS) is 1. The highest BCUT2D eigenvalue weighted by molar-refractivity contribution is 5.72. The summed E-state index contributed by atoms with van der Waals surface area (Å²) < 4.78 is 0. The predicted octanol–water partition coefficient (Wildman–Crippen LogP) is 1.15. The molecule has 0 fully saturated rings. The van der Waals surface area contributed by atoms with Crippen LogP contribution in [0, 0.1) is 0 Å². The second-order valence-corrected chi connectivity index (χ2v) is 2.02. The van der Waals surface area contributed by atoms with E-state index in [-0.39, 0.29) is 13.0 Å². The van der Waals surface area contributed by atoms with Gasteiger partial charge in [-0.05, 0) is 0 Å². The highest BCUT2D eigenvalue weighted by Gasteiger charge is 2.16. The van der Waals surface area contributed by atoms with Crippen LogP contribution in [0.3, 0.4) is 0 Å². The molecule has 0 saturated carbocycles. The lowest BCUT2D eigenvalue weighted by Gasteiger charge is -2.08. The topological polar surface area (TPSA) is 55.8 Å². The van der Waals surface area contributed by atoms with Crippen molar-refractivity contribution in [3.63, 3.8) is 0 Å². The minimum absolute atomic E-state index is 0.168. The summed E-state index contributed by atoms with van der Waals surface area (Å²) in [6.07, 6.45) is 2.15. The first-order valence-electron chi connectivity index (χ1n) is 3.45. The van der Waals surface area contributed by atoms with Crippen LogP contribution in [0.25, 0.3) is 0 Å². The zero-order valence-corrected chi connectivity index (χ0v) is 6.73. The van der Waals surface area contributed by atoms with Crippen LogP contribution < -0.4 is 0 Å². The molecule has 1 N–H and O–H groups in total.